The molecule has 0 aromatic heterocycles. The minimum atomic E-state index is 0.292. The van der Waals surface area contributed by atoms with Crippen molar-refractivity contribution in [2.75, 3.05) is 39.5 Å². The Morgan fingerprint density at radius 1 is 1.38 bits per heavy atom. The first-order chi connectivity index (χ1) is 11.9. The second kappa shape index (κ2) is 9.04. The molecule has 1 fully saturated rings. The van der Waals surface area contributed by atoms with Crippen LogP contribution in [0.3, 0.4) is 0 Å². The number of fused-ring (bicyclic) bond motifs is 1. The van der Waals surface area contributed by atoms with Gasteiger partial charge >= 0.3 is 0 Å². The van der Waals surface area contributed by atoms with E-state index in [4.69, 9.17) is 14.5 Å². The lowest BCUT2D eigenvalue weighted by Gasteiger charge is -2.31. The minimum absolute atomic E-state index is 0.292. The first-order valence-corrected chi connectivity index (χ1v) is 9.16. The number of hydrogen-bond donors (Lipinski definition) is 1. The molecule has 0 bridgehead atoms. The molecule has 2 heterocycles. The van der Waals surface area contributed by atoms with Crippen molar-refractivity contribution in [3.05, 3.63) is 35.4 Å². The van der Waals surface area contributed by atoms with E-state index >= 15 is 0 Å². The summed E-state index contributed by atoms with van der Waals surface area (Å²) in [7, 11) is 0. The molecular formula is C19H29N3O2. The maximum Gasteiger partial charge on any atom is 0.194 e. The Kier molecular flexibility index (Phi) is 6.49. The normalized spacial score (nSPS) is 21.0. The summed E-state index contributed by atoms with van der Waals surface area (Å²) in [5, 5.41) is 3.41. The highest BCUT2D eigenvalue weighted by Gasteiger charge is 2.18. The molecular weight excluding hydrogens is 302 g/mol. The van der Waals surface area contributed by atoms with Crippen LogP contribution in [0.25, 0.3) is 0 Å². The molecule has 1 aromatic rings. The van der Waals surface area contributed by atoms with Crippen molar-refractivity contribution in [3.63, 3.8) is 0 Å². The molecule has 0 saturated carbocycles. The van der Waals surface area contributed by atoms with Crippen molar-refractivity contribution in [2.24, 2.45) is 4.99 Å². The molecule has 3 rings (SSSR count). The lowest BCUT2D eigenvalue weighted by Crippen LogP contribution is -2.44. The van der Waals surface area contributed by atoms with Gasteiger partial charge in [0.15, 0.2) is 5.96 Å². The summed E-state index contributed by atoms with van der Waals surface area (Å²) in [4.78, 5) is 7.08. The van der Waals surface area contributed by atoms with E-state index in [1.165, 1.54) is 11.1 Å². The average Bonchev–Trinajstić information content (AvgIpc) is 3.13. The first-order valence-electron chi connectivity index (χ1n) is 9.16. The van der Waals surface area contributed by atoms with Gasteiger partial charge in [-0.2, -0.15) is 0 Å². The molecule has 0 aliphatic carbocycles. The summed E-state index contributed by atoms with van der Waals surface area (Å²) in [6.07, 6.45) is 3.66. The van der Waals surface area contributed by atoms with Crippen molar-refractivity contribution in [1.82, 2.24) is 10.2 Å². The summed E-state index contributed by atoms with van der Waals surface area (Å²) in [6, 6.07) is 8.69. The third kappa shape index (κ3) is 4.71. The Morgan fingerprint density at radius 3 is 3.04 bits per heavy atom. The molecule has 1 atom stereocenters. The van der Waals surface area contributed by atoms with Crippen LogP contribution in [-0.2, 0) is 22.4 Å². The molecule has 1 N–H and O–H groups in total. The largest absolute Gasteiger partial charge is 0.377 e. The Morgan fingerprint density at radius 2 is 2.25 bits per heavy atom. The van der Waals surface area contributed by atoms with Crippen LogP contribution in [0.2, 0.25) is 0 Å². The van der Waals surface area contributed by atoms with Gasteiger partial charge in [0.1, 0.15) is 0 Å². The van der Waals surface area contributed by atoms with E-state index in [9.17, 15) is 0 Å². The third-order valence-electron chi connectivity index (χ3n) is 4.59. The van der Waals surface area contributed by atoms with E-state index in [1.807, 2.05) is 0 Å². The van der Waals surface area contributed by atoms with Gasteiger partial charge in [-0.25, -0.2) is 0 Å². The first kappa shape index (κ1) is 17.2. The van der Waals surface area contributed by atoms with Crippen LogP contribution in [0.4, 0.5) is 0 Å². The molecule has 1 aromatic carbocycles. The Balaban J connectivity index is 1.48. The Hall–Kier alpha value is -1.59. The molecule has 0 radical (unpaired) electrons. The number of nitrogens with zero attached hydrogens (tertiary/aromatic N) is 2. The number of benzene rings is 1. The molecule has 24 heavy (non-hydrogen) atoms. The highest BCUT2D eigenvalue weighted by Crippen LogP contribution is 2.18. The quantitative estimate of drug-likeness (QED) is 0.493. The molecule has 2 aliphatic rings. The van der Waals surface area contributed by atoms with Crippen molar-refractivity contribution < 1.29 is 9.47 Å². The van der Waals surface area contributed by atoms with Gasteiger partial charge in [-0.05, 0) is 37.3 Å². The molecule has 5 nitrogen and oxygen atoms in total. The lowest BCUT2D eigenvalue weighted by molar-refractivity contribution is 0.0199. The van der Waals surface area contributed by atoms with Crippen LogP contribution in [-0.4, -0.2) is 56.4 Å². The summed E-state index contributed by atoms with van der Waals surface area (Å²) in [6.45, 7) is 7.86. The monoisotopic (exact) mass is 331 g/mol. The van der Waals surface area contributed by atoms with Crippen LogP contribution in [0.15, 0.2) is 29.3 Å². The van der Waals surface area contributed by atoms with E-state index in [-0.39, 0.29) is 0 Å². The molecule has 1 saturated heterocycles. The van der Waals surface area contributed by atoms with Gasteiger partial charge < -0.3 is 19.7 Å². The highest BCUT2D eigenvalue weighted by molar-refractivity contribution is 5.80. The van der Waals surface area contributed by atoms with Crippen LogP contribution < -0.4 is 5.32 Å². The number of nitrogens with one attached hydrogen (secondary N) is 1. The van der Waals surface area contributed by atoms with E-state index in [0.29, 0.717) is 25.9 Å². The molecule has 0 spiro atoms. The van der Waals surface area contributed by atoms with Crippen molar-refractivity contribution in [1.29, 1.82) is 0 Å². The number of aliphatic imine (C=N–C) groups is 1. The average molecular weight is 331 g/mol. The number of hydrogen-bond acceptors (Lipinski definition) is 3. The fourth-order valence-corrected chi connectivity index (χ4v) is 3.31. The van der Waals surface area contributed by atoms with E-state index in [2.05, 4.69) is 41.4 Å². The maximum atomic E-state index is 5.71. The zero-order valence-corrected chi connectivity index (χ0v) is 14.7. The van der Waals surface area contributed by atoms with Gasteiger partial charge in [-0.15, -0.1) is 0 Å². The number of guanidine groups is 1. The molecule has 0 amide bonds. The molecule has 132 valence electrons. The predicted molar refractivity (Wildman–Crippen MR) is 96.3 cm³/mol. The number of rotatable bonds is 6. The van der Waals surface area contributed by atoms with Gasteiger partial charge in [0, 0.05) is 26.2 Å². The zero-order chi connectivity index (χ0) is 16.6. The fourth-order valence-electron chi connectivity index (χ4n) is 3.31. The van der Waals surface area contributed by atoms with Gasteiger partial charge in [0.2, 0.25) is 0 Å². The maximum absolute atomic E-state index is 5.71. The summed E-state index contributed by atoms with van der Waals surface area (Å²) in [5.41, 5.74) is 2.87. The molecule has 1 unspecified atom stereocenters. The van der Waals surface area contributed by atoms with Crippen molar-refractivity contribution in [2.45, 2.75) is 38.8 Å². The second-order valence-corrected chi connectivity index (χ2v) is 6.39. The van der Waals surface area contributed by atoms with Gasteiger partial charge in [0.05, 0.1) is 25.9 Å². The van der Waals surface area contributed by atoms with E-state index in [0.717, 1.165) is 51.5 Å². The van der Waals surface area contributed by atoms with Crippen LogP contribution in [0.5, 0.6) is 0 Å². The van der Waals surface area contributed by atoms with Gasteiger partial charge in [0.25, 0.3) is 0 Å². The predicted octanol–water partition coefficient (Wildman–Crippen LogP) is 2.21. The lowest BCUT2D eigenvalue weighted by atomic mass is 10.0. The van der Waals surface area contributed by atoms with Crippen LogP contribution >= 0.6 is 0 Å². The highest BCUT2D eigenvalue weighted by atomic mass is 16.5. The molecule has 2 aliphatic heterocycles. The molecule has 5 heteroatoms. The smallest absolute Gasteiger partial charge is 0.194 e. The Bertz CT molecular complexity index is 541. The summed E-state index contributed by atoms with van der Waals surface area (Å²) in [5.74, 6) is 0.993. The summed E-state index contributed by atoms with van der Waals surface area (Å²) < 4.78 is 11.3. The Labute approximate surface area is 145 Å². The minimum Gasteiger partial charge on any atom is -0.377 e. The van der Waals surface area contributed by atoms with Crippen molar-refractivity contribution in [3.8, 4) is 0 Å². The van der Waals surface area contributed by atoms with E-state index < -0.39 is 0 Å². The van der Waals surface area contributed by atoms with Crippen LogP contribution in [0.1, 0.15) is 30.9 Å². The standard InChI is InChI=1S/C19H29N3O2/c1-2-20-19(21-10-13-23-15-18-8-5-12-24-18)22-11-9-16-6-3-4-7-17(16)14-22/h3-4,6-7,18H,2,5,8-15H2,1H3,(H,20,21). The third-order valence-corrected chi connectivity index (χ3v) is 4.59. The summed E-state index contributed by atoms with van der Waals surface area (Å²) >= 11 is 0. The van der Waals surface area contributed by atoms with Crippen molar-refractivity contribution >= 4 is 5.96 Å². The van der Waals surface area contributed by atoms with Gasteiger partial charge in [-0.1, -0.05) is 24.3 Å². The fraction of sp³-hybridized carbons (Fsp3) is 0.632. The zero-order valence-electron chi connectivity index (χ0n) is 14.7. The SMILES string of the molecule is CCNC(=NCCOCC1CCCO1)N1CCc2ccccc2C1. The van der Waals surface area contributed by atoms with Crippen LogP contribution in [0, 0.1) is 0 Å². The second-order valence-electron chi connectivity index (χ2n) is 6.39. The van der Waals surface area contributed by atoms with Gasteiger partial charge in [-0.3, -0.25) is 4.99 Å². The van der Waals surface area contributed by atoms with E-state index in [1.54, 1.807) is 0 Å². The number of ether oxygens (including phenoxy) is 2. The topological polar surface area (TPSA) is 46.1 Å².